The average molecular weight is 370 g/mol. The Bertz CT molecular complexity index is 843. The van der Waals surface area contributed by atoms with E-state index >= 15 is 0 Å². The summed E-state index contributed by atoms with van der Waals surface area (Å²) in [6.07, 6.45) is 3.14. The predicted molar refractivity (Wildman–Crippen MR) is 93.9 cm³/mol. The molecular weight excluding hydrogens is 348 g/mol. The first kappa shape index (κ1) is 15.8. The van der Waals surface area contributed by atoms with Crippen LogP contribution in [0.5, 0.6) is 11.5 Å². The van der Waals surface area contributed by atoms with Crippen LogP contribution in [0.2, 0.25) is 0 Å². The SMILES string of the molecule is CC1CC2=C(C=C1[C@@H]1OC[C@@H]3[C@H]1CO[C@H]3c1ccc3c(c1)OCO3)OCO2. The maximum Gasteiger partial charge on any atom is 0.231 e. The van der Waals surface area contributed by atoms with Crippen molar-refractivity contribution in [3.05, 3.63) is 46.9 Å². The molecule has 6 nitrogen and oxygen atoms in total. The van der Waals surface area contributed by atoms with E-state index in [-0.39, 0.29) is 19.0 Å². The molecular formula is C21H22O6. The molecule has 4 heterocycles. The van der Waals surface area contributed by atoms with Crippen molar-refractivity contribution in [1.82, 2.24) is 0 Å². The van der Waals surface area contributed by atoms with Gasteiger partial charge in [0.1, 0.15) is 5.76 Å². The molecule has 6 rings (SSSR count). The Hall–Kier alpha value is -2.18. The number of rotatable bonds is 2. The second kappa shape index (κ2) is 5.91. The topological polar surface area (TPSA) is 55.4 Å². The van der Waals surface area contributed by atoms with E-state index in [2.05, 4.69) is 19.1 Å². The Balaban J connectivity index is 1.26. The summed E-state index contributed by atoms with van der Waals surface area (Å²) in [5, 5.41) is 0. The Kier molecular flexibility index (Phi) is 3.47. The van der Waals surface area contributed by atoms with E-state index in [1.54, 1.807) is 0 Å². The van der Waals surface area contributed by atoms with Crippen molar-refractivity contribution in [2.24, 2.45) is 17.8 Å². The predicted octanol–water partition coefficient (Wildman–Crippen LogP) is 3.30. The normalized spacial score (nSPS) is 36.2. The van der Waals surface area contributed by atoms with Crippen LogP contribution in [0.25, 0.3) is 0 Å². The number of hydrogen-bond acceptors (Lipinski definition) is 6. The van der Waals surface area contributed by atoms with E-state index in [1.165, 1.54) is 5.57 Å². The molecule has 1 aromatic rings. The molecule has 0 amide bonds. The van der Waals surface area contributed by atoms with E-state index in [9.17, 15) is 0 Å². The van der Waals surface area contributed by atoms with Gasteiger partial charge in [0.15, 0.2) is 17.3 Å². The zero-order chi connectivity index (χ0) is 18.0. The maximum absolute atomic E-state index is 6.30. The summed E-state index contributed by atoms with van der Waals surface area (Å²) in [5.41, 5.74) is 2.45. The molecule has 142 valence electrons. The van der Waals surface area contributed by atoms with Crippen LogP contribution in [-0.2, 0) is 18.9 Å². The fourth-order valence-corrected chi connectivity index (χ4v) is 4.97. The molecule has 2 saturated heterocycles. The van der Waals surface area contributed by atoms with Crippen LogP contribution in [0, 0.1) is 17.8 Å². The molecule has 5 atom stereocenters. The van der Waals surface area contributed by atoms with Crippen molar-refractivity contribution in [1.29, 1.82) is 0 Å². The van der Waals surface area contributed by atoms with Crippen molar-refractivity contribution in [3.8, 4) is 11.5 Å². The summed E-state index contributed by atoms with van der Waals surface area (Å²) in [5.74, 6) is 4.55. The minimum atomic E-state index is 0.0369. The Morgan fingerprint density at radius 3 is 2.56 bits per heavy atom. The van der Waals surface area contributed by atoms with Gasteiger partial charge in [-0.1, -0.05) is 13.0 Å². The van der Waals surface area contributed by atoms with Gasteiger partial charge in [-0.2, -0.15) is 0 Å². The smallest absolute Gasteiger partial charge is 0.231 e. The molecule has 0 bridgehead atoms. The van der Waals surface area contributed by atoms with E-state index in [0.717, 1.165) is 35.0 Å². The maximum atomic E-state index is 6.30. The van der Waals surface area contributed by atoms with Crippen molar-refractivity contribution >= 4 is 0 Å². The van der Waals surface area contributed by atoms with Crippen molar-refractivity contribution in [2.75, 3.05) is 26.8 Å². The third-order valence-electron chi connectivity index (χ3n) is 6.40. The van der Waals surface area contributed by atoms with Gasteiger partial charge in [0.2, 0.25) is 13.6 Å². The molecule has 6 heteroatoms. The molecule has 0 N–H and O–H groups in total. The molecule has 0 aromatic heterocycles. The number of benzene rings is 1. The van der Waals surface area contributed by atoms with Crippen LogP contribution in [-0.4, -0.2) is 32.9 Å². The zero-order valence-corrected chi connectivity index (χ0v) is 15.2. The fraction of sp³-hybridized carbons (Fsp3) is 0.524. The van der Waals surface area contributed by atoms with E-state index in [0.29, 0.717) is 37.8 Å². The molecule has 4 aliphatic heterocycles. The summed E-state index contributed by atoms with van der Waals surface area (Å²) in [6.45, 7) is 4.27. The van der Waals surface area contributed by atoms with Gasteiger partial charge in [-0.15, -0.1) is 0 Å². The lowest BCUT2D eigenvalue weighted by Crippen LogP contribution is -2.27. The lowest BCUT2D eigenvalue weighted by atomic mass is 9.79. The highest BCUT2D eigenvalue weighted by molar-refractivity contribution is 5.45. The van der Waals surface area contributed by atoms with Crippen molar-refractivity contribution < 1.29 is 28.4 Å². The third kappa shape index (κ3) is 2.39. The number of ether oxygens (including phenoxy) is 6. The highest BCUT2D eigenvalue weighted by Crippen LogP contribution is 2.50. The minimum absolute atomic E-state index is 0.0369. The highest BCUT2D eigenvalue weighted by Gasteiger charge is 2.50. The summed E-state index contributed by atoms with van der Waals surface area (Å²) >= 11 is 0. The second-order valence-corrected chi connectivity index (χ2v) is 7.89. The van der Waals surface area contributed by atoms with Crippen LogP contribution in [0.15, 0.2) is 41.4 Å². The van der Waals surface area contributed by atoms with Gasteiger partial charge in [-0.25, -0.2) is 0 Å². The van der Waals surface area contributed by atoms with Crippen molar-refractivity contribution in [3.63, 3.8) is 0 Å². The standard InChI is InChI=1S/C21H22O6/c1-11-4-17-19(27-10-25-17)6-13(11)21-15-8-22-20(14(15)7-23-21)12-2-3-16-18(5-12)26-9-24-16/h2-3,5-6,11,14-15,20-21H,4,7-10H2,1H3/t11?,14-,15-,20+,21+/m1/s1. The number of hydrogen-bond donors (Lipinski definition) is 0. The molecule has 1 aromatic carbocycles. The van der Waals surface area contributed by atoms with E-state index in [4.69, 9.17) is 28.4 Å². The van der Waals surface area contributed by atoms with Crippen LogP contribution in [0.4, 0.5) is 0 Å². The Labute approximate surface area is 157 Å². The molecule has 1 unspecified atom stereocenters. The molecule has 5 aliphatic rings. The van der Waals surface area contributed by atoms with Gasteiger partial charge < -0.3 is 28.4 Å². The Morgan fingerprint density at radius 1 is 0.852 bits per heavy atom. The minimum Gasteiger partial charge on any atom is -0.458 e. The average Bonchev–Trinajstić information content (AvgIpc) is 3.43. The first-order valence-electron chi connectivity index (χ1n) is 9.61. The van der Waals surface area contributed by atoms with Gasteiger partial charge in [-0.3, -0.25) is 0 Å². The van der Waals surface area contributed by atoms with Gasteiger partial charge >= 0.3 is 0 Å². The first-order chi connectivity index (χ1) is 13.3. The van der Waals surface area contributed by atoms with Gasteiger partial charge in [0, 0.05) is 18.3 Å². The van der Waals surface area contributed by atoms with Crippen LogP contribution in [0.1, 0.15) is 25.0 Å². The summed E-state index contributed by atoms with van der Waals surface area (Å²) in [6, 6.07) is 6.10. The van der Waals surface area contributed by atoms with Gasteiger partial charge in [0.25, 0.3) is 0 Å². The largest absolute Gasteiger partial charge is 0.458 e. The van der Waals surface area contributed by atoms with E-state index in [1.807, 2.05) is 12.1 Å². The summed E-state index contributed by atoms with van der Waals surface area (Å²) in [4.78, 5) is 0. The van der Waals surface area contributed by atoms with Crippen molar-refractivity contribution in [2.45, 2.75) is 25.6 Å². The number of allylic oxidation sites excluding steroid dienone is 2. The molecule has 0 spiro atoms. The lowest BCUT2D eigenvalue weighted by Gasteiger charge is -2.27. The zero-order valence-electron chi connectivity index (χ0n) is 15.2. The number of fused-ring (bicyclic) bond motifs is 2. The molecule has 1 aliphatic carbocycles. The lowest BCUT2D eigenvalue weighted by molar-refractivity contribution is 0.0281. The Morgan fingerprint density at radius 2 is 1.63 bits per heavy atom. The molecule has 27 heavy (non-hydrogen) atoms. The highest BCUT2D eigenvalue weighted by atomic mass is 16.7. The molecule has 0 saturated carbocycles. The van der Waals surface area contributed by atoms with Crippen LogP contribution < -0.4 is 9.47 Å². The summed E-state index contributed by atoms with van der Waals surface area (Å²) < 4.78 is 34.7. The fourth-order valence-electron chi connectivity index (χ4n) is 4.97. The first-order valence-corrected chi connectivity index (χ1v) is 9.61. The van der Waals surface area contributed by atoms with Crippen LogP contribution >= 0.6 is 0 Å². The third-order valence-corrected chi connectivity index (χ3v) is 6.40. The van der Waals surface area contributed by atoms with E-state index < -0.39 is 0 Å². The van der Waals surface area contributed by atoms with Gasteiger partial charge in [0.05, 0.1) is 25.4 Å². The second-order valence-electron chi connectivity index (χ2n) is 7.89. The molecule has 0 radical (unpaired) electrons. The van der Waals surface area contributed by atoms with Gasteiger partial charge in [-0.05, 0) is 35.3 Å². The molecule has 2 fully saturated rings. The van der Waals surface area contributed by atoms with Crippen LogP contribution in [0.3, 0.4) is 0 Å². The summed E-state index contributed by atoms with van der Waals surface area (Å²) in [7, 11) is 0. The quantitative estimate of drug-likeness (QED) is 0.796. The monoisotopic (exact) mass is 370 g/mol.